The summed E-state index contributed by atoms with van der Waals surface area (Å²) in [5, 5.41) is 6.71. The van der Waals surface area contributed by atoms with E-state index in [2.05, 4.69) is 58.9 Å². The van der Waals surface area contributed by atoms with Gasteiger partial charge in [-0.05, 0) is 36.6 Å². The van der Waals surface area contributed by atoms with Crippen LogP contribution in [0.5, 0.6) is 0 Å². The van der Waals surface area contributed by atoms with Crippen molar-refractivity contribution in [1.82, 2.24) is 10.6 Å². The molecule has 138 valence electrons. The van der Waals surface area contributed by atoms with Crippen LogP contribution in [0.15, 0.2) is 41.4 Å². The molecule has 2 rings (SSSR count). The number of aryl methyl sites for hydroxylation is 1. The fraction of sp³-hybridized carbons (Fsp3) is 0.421. The Kier molecular flexibility index (Phi) is 10.8. The van der Waals surface area contributed by atoms with Gasteiger partial charge in [-0.2, -0.15) is 0 Å². The highest BCUT2D eigenvalue weighted by Gasteiger charge is 2.02. The molecule has 0 spiro atoms. The van der Waals surface area contributed by atoms with Crippen LogP contribution in [0.1, 0.15) is 34.7 Å². The summed E-state index contributed by atoms with van der Waals surface area (Å²) in [5.41, 5.74) is 2.43. The Labute approximate surface area is 172 Å². The molecule has 1 heterocycles. The maximum Gasteiger partial charge on any atom is 0.191 e. The third-order valence-electron chi connectivity index (χ3n) is 3.68. The molecule has 0 bridgehead atoms. The summed E-state index contributed by atoms with van der Waals surface area (Å²) in [5.74, 6) is 0.819. The van der Waals surface area contributed by atoms with Crippen molar-refractivity contribution in [3.05, 3.63) is 57.3 Å². The van der Waals surface area contributed by atoms with Crippen molar-refractivity contribution < 1.29 is 4.74 Å². The van der Waals surface area contributed by atoms with Gasteiger partial charge in [0.05, 0.1) is 13.2 Å². The van der Waals surface area contributed by atoms with Crippen molar-refractivity contribution in [3.8, 4) is 0 Å². The van der Waals surface area contributed by atoms with Gasteiger partial charge in [0, 0.05) is 30.0 Å². The lowest BCUT2D eigenvalue weighted by Crippen LogP contribution is -2.36. The lowest BCUT2D eigenvalue weighted by molar-refractivity contribution is 0.134. The Balaban J connectivity index is 0.00000312. The molecule has 1 aromatic heterocycles. The number of hydrogen-bond acceptors (Lipinski definition) is 3. The van der Waals surface area contributed by atoms with Crippen LogP contribution in [-0.2, 0) is 30.9 Å². The van der Waals surface area contributed by atoms with E-state index in [1.807, 2.05) is 18.3 Å². The second kappa shape index (κ2) is 12.3. The summed E-state index contributed by atoms with van der Waals surface area (Å²) in [6, 6.07) is 12.9. The molecule has 0 aliphatic carbocycles. The van der Waals surface area contributed by atoms with E-state index >= 15 is 0 Å². The van der Waals surface area contributed by atoms with Crippen LogP contribution in [0.25, 0.3) is 0 Å². The third-order valence-corrected chi connectivity index (χ3v) is 4.90. The molecule has 2 N–H and O–H groups in total. The lowest BCUT2D eigenvalue weighted by atomic mass is 10.1. The van der Waals surface area contributed by atoms with Crippen molar-refractivity contribution >= 4 is 41.3 Å². The first-order valence-corrected chi connectivity index (χ1v) is 9.24. The number of halogens is 1. The van der Waals surface area contributed by atoms with E-state index in [-0.39, 0.29) is 24.0 Å². The van der Waals surface area contributed by atoms with Gasteiger partial charge in [0.1, 0.15) is 0 Å². The first-order valence-electron chi connectivity index (χ1n) is 8.42. The Morgan fingerprint density at radius 2 is 1.60 bits per heavy atom. The highest BCUT2D eigenvalue weighted by Crippen LogP contribution is 2.16. The second-order valence-electron chi connectivity index (χ2n) is 5.45. The van der Waals surface area contributed by atoms with Gasteiger partial charge in [0.2, 0.25) is 0 Å². The number of ether oxygens (including phenoxy) is 1. The highest BCUT2D eigenvalue weighted by atomic mass is 127. The van der Waals surface area contributed by atoms with Crippen LogP contribution in [-0.4, -0.2) is 19.6 Å². The Hall–Kier alpha value is -1.12. The number of nitrogens with zero attached hydrogens (tertiary/aromatic N) is 1. The molecule has 0 amide bonds. The van der Waals surface area contributed by atoms with Crippen molar-refractivity contribution in [2.45, 2.75) is 40.0 Å². The number of guanidine groups is 1. The van der Waals surface area contributed by atoms with Crippen molar-refractivity contribution in [1.29, 1.82) is 0 Å². The predicted molar refractivity (Wildman–Crippen MR) is 118 cm³/mol. The molecule has 0 saturated carbocycles. The normalized spacial score (nSPS) is 11.1. The van der Waals surface area contributed by atoms with Gasteiger partial charge in [-0.25, -0.2) is 0 Å². The SMILES string of the molecule is CCOCc1ccc(CNC(=NC)NCc2ccc(CC)s2)cc1.I. The lowest BCUT2D eigenvalue weighted by Gasteiger charge is -2.11. The van der Waals surface area contributed by atoms with Crippen LogP contribution in [0.4, 0.5) is 0 Å². The van der Waals surface area contributed by atoms with Gasteiger partial charge < -0.3 is 15.4 Å². The van der Waals surface area contributed by atoms with E-state index in [1.165, 1.54) is 20.9 Å². The maximum absolute atomic E-state index is 5.42. The van der Waals surface area contributed by atoms with Gasteiger partial charge in [-0.1, -0.05) is 31.2 Å². The van der Waals surface area contributed by atoms with E-state index in [0.29, 0.717) is 6.61 Å². The van der Waals surface area contributed by atoms with E-state index in [1.54, 1.807) is 7.05 Å². The molecular weight excluding hydrogens is 445 g/mol. The van der Waals surface area contributed by atoms with Crippen LogP contribution < -0.4 is 10.6 Å². The maximum atomic E-state index is 5.42. The van der Waals surface area contributed by atoms with Gasteiger partial charge in [-0.15, -0.1) is 35.3 Å². The molecule has 0 aliphatic rings. The van der Waals surface area contributed by atoms with Crippen LogP contribution in [0, 0.1) is 0 Å². The molecule has 0 saturated heterocycles. The third kappa shape index (κ3) is 7.75. The fourth-order valence-electron chi connectivity index (χ4n) is 2.26. The number of benzene rings is 1. The van der Waals surface area contributed by atoms with E-state index in [0.717, 1.165) is 32.1 Å². The zero-order valence-corrected chi connectivity index (χ0v) is 18.3. The first kappa shape index (κ1) is 21.9. The summed E-state index contributed by atoms with van der Waals surface area (Å²) in [7, 11) is 1.80. The standard InChI is InChI=1S/C19H27N3OS.HI/c1-4-17-10-11-18(24-17)13-22-19(20-3)21-12-15-6-8-16(9-7-15)14-23-5-2;/h6-11H,4-5,12-14H2,1-3H3,(H2,20,21,22);1H. The molecule has 1 aromatic carbocycles. The van der Waals surface area contributed by atoms with Gasteiger partial charge in [-0.3, -0.25) is 4.99 Å². The average Bonchev–Trinajstić information content (AvgIpc) is 3.09. The molecule has 0 fully saturated rings. The molecule has 25 heavy (non-hydrogen) atoms. The van der Waals surface area contributed by atoms with Crippen molar-refractivity contribution in [2.24, 2.45) is 4.99 Å². The van der Waals surface area contributed by atoms with Crippen LogP contribution in [0.2, 0.25) is 0 Å². The topological polar surface area (TPSA) is 45.6 Å². The monoisotopic (exact) mass is 473 g/mol. The summed E-state index contributed by atoms with van der Waals surface area (Å²) < 4.78 is 5.42. The Morgan fingerprint density at radius 1 is 0.960 bits per heavy atom. The molecule has 6 heteroatoms. The number of rotatable bonds is 8. The smallest absolute Gasteiger partial charge is 0.191 e. The first-order chi connectivity index (χ1) is 11.7. The minimum absolute atomic E-state index is 0. The summed E-state index contributed by atoms with van der Waals surface area (Å²) in [4.78, 5) is 7.03. The molecule has 4 nitrogen and oxygen atoms in total. The number of aliphatic imine (C=N–C) groups is 1. The van der Waals surface area contributed by atoms with E-state index < -0.39 is 0 Å². The van der Waals surface area contributed by atoms with Crippen LogP contribution >= 0.6 is 35.3 Å². The zero-order chi connectivity index (χ0) is 17.2. The number of nitrogens with one attached hydrogen (secondary N) is 2. The van der Waals surface area contributed by atoms with Crippen molar-refractivity contribution in [2.75, 3.05) is 13.7 Å². The second-order valence-corrected chi connectivity index (χ2v) is 6.71. The zero-order valence-electron chi connectivity index (χ0n) is 15.2. The molecule has 0 atom stereocenters. The Bertz CT molecular complexity index is 640. The average molecular weight is 473 g/mol. The highest BCUT2D eigenvalue weighted by molar-refractivity contribution is 14.0. The van der Waals surface area contributed by atoms with Gasteiger partial charge >= 0.3 is 0 Å². The van der Waals surface area contributed by atoms with Gasteiger partial charge in [0.25, 0.3) is 0 Å². The minimum Gasteiger partial charge on any atom is -0.377 e. The summed E-state index contributed by atoms with van der Waals surface area (Å²) >= 11 is 1.85. The molecule has 0 unspecified atom stereocenters. The predicted octanol–water partition coefficient (Wildman–Crippen LogP) is 4.33. The quantitative estimate of drug-likeness (QED) is 0.341. The van der Waals surface area contributed by atoms with Gasteiger partial charge in [0.15, 0.2) is 5.96 Å². The summed E-state index contributed by atoms with van der Waals surface area (Å²) in [6.07, 6.45) is 1.09. The Morgan fingerprint density at radius 3 is 2.20 bits per heavy atom. The number of hydrogen-bond donors (Lipinski definition) is 2. The fourth-order valence-corrected chi connectivity index (χ4v) is 3.16. The van der Waals surface area contributed by atoms with E-state index in [9.17, 15) is 0 Å². The molecule has 0 aliphatic heterocycles. The molecular formula is C19H28IN3OS. The van der Waals surface area contributed by atoms with Crippen LogP contribution in [0.3, 0.4) is 0 Å². The minimum atomic E-state index is 0. The largest absolute Gasteiger partial charge is 0.377 e. The van der Waals surface area contributed by atoms with Crippen molar-refractivity contribution in [3.63, 3.8) is 0 Å². The number of thiophene rings is 1. The molecule has 0 radical (unpaired) electrons. The van der Waals surface area contributed by atoms with E-state index in [4.69, 9.17) is 4.74 Å². The molecule has 2 aromatic rings. The summed E-state index contributed by atoms with van der Waals surface area (Å²) in [6.45, 7) is 7.17.